The maximum absolute atomic E-state index is 11.1. The first-order valence-electron chi connectivity index (χ1n) is 4.64. The van der Waals surface area contributed by atoms with Gasteiger partial charge in [0.15, 0.2) is 8.46 Å². The van der Waals surface area contributed by atoms with E-state index in [0.717, 1.165) is 10.7 Å². The van der Waals surface area contributed by atoms with E-state index in [2.05, 4.69) is 18.2 Å². The van der Waals surface area contributed by atoms with Gasteiger partial charge in [-0.05, 0) is 18.2 Å². The molecule has 1 nitrogen and oxygen atoms in total. The fraction of sp³-hybridized carbons (Fsp3) is 0. The van der Waals surface area contributed by atoms with Crippen LogP contribution in [0.15, 0.2) is 42.5 Å². The standard InChI is InChI=1S/C12H7OPS/c13-14-9-5-3-7-11-12(9)8-4-1-2-6-10(8)15-11/h1-7H. The van der Waals surface area contributed by atoms with Crippen LogP contribution in [0.2, 0.25) is 0 Å². The second-order valence-corrected chi connectivity index (χ2v) is 5.09. The molecule has 0 N–H and O–H groups in total. The summed E-state index contributed by atoms with van der Waals surface area (Å²) in [6.45, 7) is 0. The highest BCUT2D eigenvalue weighted by Gasteiger charge is 2.07. The third-order valence-electron chi connectivity index (χ3n) is 2.48. The lowest BCUT2D eigenvalue weighted by Crippen LogP contribution is -1.90. The fourth-order valence-corrected chi connectivity index (χ4v) is 3.52. The van der Waals surface area contributed by atoms with E-state index >= 15 is 0 Å². The molecule has 3 aromatic rings. The first-order valence-corrected chi connectivity index (χ1v) is 6.26. The van der Waals surface area contributed by atoms with Crippen LogP contribution in [-0.2, 0) is 4.57 Å². The molecule has 0 radical (unpaired) electrons. The molecule has 1 aromatic heterocycles. The third-order valence-corrected chi connectivity index (χ3v) is 4.18. The Bertz CT molecular complexity index is 657. The average molecular weight is 230 g/mol. The molecule has 2 aromatic carbocycles. The first kappa shape index (κ1) is 9.02. The predicted molar refractivity (Wildman–Crippen MR) is 66.6 cm³/mol. The second kappa shape index (κ2) is 3.41. The van der Waals surface area contributed by atoms with Crippen molar-refractivity contribution in [3.63, 3.8) is 0 Å². The second-order valence-electron chi connectivity index (χ2n) is 3.34. The minimum atomic E-state index is 0.0976. The van der Waals surface area contributed by atoms with Gasteiger partial charge in [-0.25, -0.2) is 0 Å². The van der Waals surface area contributed by atoms with Gasteiger partial charge in [0.1, 0.15) is 0 Å². The van der Waals surface area contributed by atoms with Crippen LogP contribution in [0.25, 0.3) is 20.2 Å². The van der Waals surface area contributed by atoms with Crippen molar-refractivity contribution in [2.45, 2.75) is 0 Å². The molecule has 0 fully saturated rings. The fourth-order valence-electron chi connectivity index (χ4n) is 1.83. The Kier molecular flexibility index (Phi) is 2.05. The highest BCUT2D eigenvalue weighted by Crippen LogP contribution is 2.33. The molecule has 0 unspecified atom stereocenters. The van der Waals surface area contributed by atoms with Gasteiger partial charge in [0, 0.05) is 20.2 Å². The van der Waals surface area contributed by atoms with E-state index in [1.807, 2.05) is 24.3 Å². The normalized spacial score (nSPS) is 11.5. The molecule has 0 aliphatic heterocycles. The highest BCUT2D eigenvalue weighted by atomic mass is 32.1. The largest absolute Gasteiger partial charge is 0.269 e. The predicted octanol–water partition coefficient (Wildman–Crippen LogP) is 3.97. The molecule has 0 atom stereocenters. The monoisotopic (exact) mass is 230 g/mol. The average Bonchev–Trinajstić information content (AvgIpc) is 2.67. The first-order chi connectivity index (χ1) is 7.40. The van der Waals surface area contributed by atoms with Crippen molar-refractivity contribution >= 4 is 45.3 Å². The number of benzene rings is 2. The molecule has 0 aliphatic rings. The zero-order valence-electron chi connectivity index (χ0n) is 7.81. The molecule has 15 heavy (non-hydrogen) atoms. The molecule has 1 heterocycles. The highest BCUT2D eigenvalue weighted by molar-refractivity contribution is 7.36. The molecule has 0 spiro atoms. The van der Waals surface area contributed by atoms with Gasteiger partial charge >= 0.3 is 0 Å². The Morgan fingerprint density at radius 3 is 2.60 bits per heavy atom. The van der Waals surface area contributed by atoms with Crippen molar-refractivity contribution in [3.8, 4) is 0 Å². The summed E-state index contributed by atoms with van der Waals surface area (Å²) in [5.41, 5.74) is 0. The van der Waals surface area contributed by atoms with Crippen molar-refractivity contribution in [1.29, 1.82) is 0 Å². The van der Waals surface area contributed by atoms with Gasteiger partial charge in [0.25, 0.3) is 0 Å². The van der Waals surface area contributed by atoms with Crippen molar-refractivity contribution < 1.29 is 4.57 Å². The molecular weight excluding hydrogens is 223 g/mol. The summed E-state index contributed by atoms with van der Waals surface area (Å²) in [5, 5.41) is 3.22. The van der Waals surface area contributed by atoms with E-state index in [0.29, 0.717) is 0 Å². The minimum absolute atomic E-state index is 0.0976. The summed E-state index contributed by atoms with van der Waals surface area (Å²) in [4.78, 5) is 0. The number of hydrogen-bond acceptors (Lipinski definition) is 2. The van der Waals surface area contributed by atoms with Crippen LogP contribution in [0.5, 0.6) is 0 Å². The van der Waals surface area contributed by atoms with Crippen LogP contribution in [0.3, 0.4) is 0 Å². The maximum Gasteiger partial charge on any atom is 0.193 e. The van der Waals surface area contributed by atoms with Crippen LogP contribution in [0.1, 0.15) is 0 Å². The van der Waals surface area contributed by atoms with Gasteiger partial charge in [-0.2, -0.15) is 0 Å². The molecule has 0 aliphatic carbocycles. The summed E-state index contributed by atoms with van der Waals surface area (Å²) in [5.74, 6) is 0. The molecule has 3 heteroatoms. The molecule has 3 rings (SSSR count). The number of thiophene rings is 1. The molecule has 0 bridgehead atoms. The lowest BCUT2D eigenvalue weighted by atomic mass is 10.1. The Balaban J connectivity index is 2.62. The van der Waals surface area contributed by atoms with Gasteiger partial charge in [0.05, 0.1) is 5.30 Å². The lowest BCUT2D eigenvalue weighted by Gasteiger charge is -1.93. The third kappa shape index (κ3) is 1.30. The topological polar surface area (TPSA) is 17.1 Å². The van der Waals surface area contributed by atoms with Crippen molar-refractivity contribution in [3.05, 3.63) is 42.5 Å². The Morgan fingerprint density at radius 2 is 1.73 bits per heavy atom. The molecule has 72 valence electrons. The maximum atomic E-state index is 11.1. The van der Waals surface area contributed by atoms with Crippen molar-refractivity contribution in [2.75, 3.05) is 0 Å². The Hall–Kier alpha value is -1.24. The van der Waals surface area contributed by atoms with E-state index < -0.39 is 0 Å². The van der Waals surface area contributed by atoms with Crippen molar-refractivity contribution in [2.24, 2.45) is 0 Å². The van der Waals surface area contributed by atoms with Gasteiger partial charge in [-0.15, -0.1) is 11.3 Å². The SMILES string of the molecule is O=Pc1cccc2sc3ccccc3c12. The molecule has 0 amide bonds. The summed E-state index contributed by atoms with van der Waals surface area (Å²) in [6.07, 6.45) is 0. The summed E-state index contributed by atoms with van der Waals surface area (Å²) in [6, 6.07) is 14.2. The van der Waals surface area contributed by atoms with E-state index in [1.165, 1.54) is 14.8 Å². The van der Waals surface area contributed by atoms with Crippen LogP contribution in [0, 0.1) is 0 Å². The molecular formula is C12H7OPS. The summed E-state index contributed by atoms with van der Waals surface area (Å²) >= 11 is 1.75. The van der Waals surface area contributed by atoms with Crippen LogP contribution >= 0.6 is 19.8 Å². The van der Waals surface area contributed by atoms with Gasteiger partial charge in [0.2, 0.25) is 0 Å². The molecule has 0 saturated heterocycles. The van der Waals surface area contributed by atoms with Gasteiger partial charge in [-0.1, -0.05) is 24.3 Å². The Morgan fingerprint density at radius 1 is 0.933 bits per heavy atom. The van der Waals surface area contributed by atoms with Crippen molar-refractivity contribution in [1.82, 2.24) is 0 Å². The summed E-state index contributed by atoms with van der Waals surface area (Å²) < 4.78 is 13.5. The van der Waals surface area contributed by atoms with Gasteiger partial charge < -0.3 is 0 Å². The zero-order chi connectivity index (χ0) is 10.3. The number of hydrogen-bond donors (Lipinski definition) is 0. The van der Waals surface area contributed by atoms with Crippen LogP contribution in [-0.4, -0.2) is 0 Å². The van der Waals surface area contributed by atoms with E-state index in [4.69, 9.17) is 0 Å². The molecule has 0 saturated carbocycles. The minimum Gasteiger partial charge on any atom is -0.269 e. The van der Waals surface area contributed by atoms with E-state index in [-0.39, 0.29) is 8.46 Å². The van der Waals surface area contributed by atoms with E-state index in [1.54, 1.807) is 11.3 Å². The zero-order valence-corrected chi connectivity index (χ0v) is 9.52. The smallest absolute Gasteiger partial charge is 0.193 e. The quantitative estimate of drug-likeness (QED) is 0.578. The number of fused-ring (bicyclic) bond motifs is 3. The number of rotatable bonds is 1. The van der Waals surface area contributed by atoms with Crippen LogP contribution < -0.4 is 5.30 Å². The Labute approximate surface area is 92.6 Å². The van der Waals surface area contributed by atoms with Gasteiger partial charge in [-0.3, -0.25) is 4.57 Å². The lowest BCUT2D eigenvalue weighted by molar-refractivity contribution is 0.603. The summed E-state index contributed by atoms with van der Waals surface area (Å²) in [7, 11) is 0.0976. The van der Waals surface area contributed by atoms with Crippen LogP contribution in [0.4, 0.5) is 0 Å². The van der Waals surface area contributed by atoms with E-state index in [9.17, 15) is 4.57 Å².